The first-order valence-corrected chi connectivity index (χ1v) is 9.96. The second-order valence-corrected chi connectivity index (χ2v) is 8.02. The minimum Gasteiger partial charge on any atom is -0.385 e. The monoisotopic (exact) mass is 424 g/mol. The van der Waals surface area contributed by atoms with Gasteiger partial charge in [-0.1, -0.05) is 59.6 Å². The van der Waals surface area contributed by atoms with Crippen LogP contribution in [0.15, 0.2) is 48.5 Å². The lowest BCUT2D eigenvalue weighted by Gasteiger charge is -2.40. The number of piperidine rings is 1. The fourth-order valence-corrected chi connectivity index (χ4v) is 3.83. The number of nitrogens with two attached hydrogens (primary N) is 1. The van der Waals surface area contributed by atoms with Crippen LogP contribution in [-0.2, 0) is 5.60 Å². The van der Waals surface area contributed by atoms with Gasteiger partial charge < -0.3 is 10.8 Å². The summed E-state index contributed by atoms with van der Waals surface area (Å²) in [5.74, 6) is -0.271. The molecule has 4 nitrogen and oxygen atoms in total. The summed E-state index contributed by atoms with van der Waals surface area (Å²) in [6.07, 6.45) is -0.722. The van der Waals surface area contributed by atoms with Crippen molar-refractivity contribution in [2.24, 2.45) is 5.73 Å². The largest absolute Gasteiger partial charge is 0.385 e. The highest BCUT2D eigenvalue weighted by atomic mass is 35.5. The molecule has 0 aromatic heterocycles. The van der Waals surface area contributed by atoms with Gasteiger partial charge in [-0.3, -0.25) is 9.69 Å². The number of benzene rings is 2. The van der Waals surface area contributed by atoms with Gasteiger partial charge in [0.05, 0.1) is 21.7 Å². The van der Waals surface area contributed by atoms with E-state index in [4.69, 9.17) is 28.9 Å². The van der Waals surface area contributed by atoms with Crippen LogP contribution in [0.5, 0.6) is 0 Å². The molecule has 0 bridgehead atoms. The van der Waals surface area contributed by atoms with Crippen molar-refractivity contribution in [3.05, 3.63) is 69.7 Å². The van der Waals surface area contributed by atoms with Crippen molar-refractivity contribution in [1.82, 2.24) is 4.90 Å². The summed E-state index contributed by atoms with van der Waals surface area (Å²) in [6.45, 7) is 0.703. The third kappa shape index (κ3) is 4.73. The van der Waals surface area contributed by atoms with Crippen molar-refractivity contribution >= 4 is 29.0 Å². The average Bonchev–Trinajstić information content (AvgIpc) is 2.70. The molecule has 1 saturated heterocycles. The van der Waals surface area contributed by atoms with E-state index in [2.05, 4.69) is 0 Å². The maximum Gasteiger partial charge on any atom is 0.179 e. The predicted molar refractivity (Wildman–Crippen MR) is 109 cm³/mol. The van der Waals surface area contributed by atoms with Crippen molar-refractivity contribution in [3.63, 3.8) is 0 Å². The molecule has 1 fully saturated rings. The zero-order valence-corrected chi connectivity index (χ0v) is 16.8. The summed E-state index contributed by atoms with van der Waals surface area (Å²) in [6, 6.07) is 12.8. The van der Waals surface area contributed by atoms with Gasteiger partial charge in [0.25, 0.3) is 0 Å². The summed E-state index contributed by atoms with van der Waals surface area (Å²) in [5.41, 5.74) is 6.02. The van der Waals surface area contributed by atoms with E-state index in [0.29, 0.717) is 47.1 Å². The molecule has 1 aliphatic rings. The second kappa shape index (κ2) is 8.89. The molecule has 3 rings (SSSR count). The molecule has 28 heavy (non-hydrogen) atoms. The predicted octanol–water partition coefficient (Wildman–Crippen LogP) is 4.17. The Labute approximate surface area is 174 Å². The lowest BCUT2D eigenvalue weighted by molar-refractivity contribution is -0.0563. The van der Waals surface area contributed by atoms with Gasteiger partial charge in [0.15, 0.2) is 12.1 Å². The van der Waals surface area contributed by atoms with Crippen LogP contribution in [0.4, 0.5) is 4.39 Å². The third-order valence-corrected chi connectivity index (χ3v) is 6.06. The number of halogens is 3. The molecule has 0 spiro atoms. The number of hydrogen-bond donors (Lipinski definition) is 2. The Balaban J connectivity index is 1.58. The van der Waals surface area contributed by atoms with Crippen molar-refractivity contribution in [2.45, 2.75) is 37.2 Å². The maximum atomic E-state index is 14.8. The highest BCUT2D eigenvalue weighted by molar-refractivity contribution is 6.42. The Morgan fingerprint density at radius 1 is 1.14 bits per heavy atom. The molecule has 0 radical (unpaired) electrons. The fraction of sp³-hybridized carbons (Fsp3) is 0.381. The summed E-state index contributed by atoms with van der Waals surface area (Å²) in [7, 11) is 0. The number of aliphatic hydroxyl groups is 1. The van der Waals surface area contributed by atoms with E-state index >= 15 is 0 Å². The van der Waals surface area contributed by atoms with E-state index in [1.54, 1.807) is 47.4 Å². The van der Waals surface area contributed by atoms with Crippen LogP contribution in [-0.4, -0.2) is 41.2 Å². The minimum absolute atomic E-state index is 0.0844. The molecule has 0 aliphatic carbocycles. The maximum absolute atomic E-state index is 14.8. The molecule has 0 saturated carbocycles. The molecule has 2 aromatic carbocycles. The molecule has 1 aliphatic heterocycles. The van der Waals surface area contributed by atoms with Crippen LogP contribution in [0.25, 0.3) is 0 Å². The van der Waals surface area contributed by atoms with Crippen LogP contribution < -0.4 is 5.73 Å². The number of carbonyl (C=O) groups is 1. The first-order valence-electron chi connectivity index (χ1n) is 9.21. The first kappa shape index (κ1) is 21.2. The smallest absolute Gasteiger partial charge is 0.179 e. The van der Waals surface area contributed by atoms with Crippen LogP contribution in [0.3, 0.4) is 0 Å². The van der Waals surface area contributed by atoms with Gasteiger partial charge in [0, 0.05) is 25.1 Å². The standard InChI is InChI=1S/C21H23Cl2FN2O2/c22-16-7-6-15(12-17(16)23)21(28)8-10-26(11-9-21)19(24)13-18(25)20(27)14-4-2-1-3-5-14/h1-7,12,18-19,28H,8-11,13,25H2. The number of ketones is 1. The van der Waals surface area contributed by atoms with Crippen molar-refractivity contribution in [2.75, 3.05) is 13.1 Å². The van der Waals surface area contributed by atoms with E-state index in [-0.39, 0.29) is 12.2 Å². The Morgan fingerprint density at radius 3 is 2.39 bits per heavy atom. The number of hydrogen-bond acceptors (Lipinski definition) is 4. The number of likely N-dealkylation sites (tertiary alicyclic amines) is 1. The molecular formula is C21H23Cl2FN2O2. The van der Waals surface area contributed by atoms with Gasteiger partial charge >= 0.3 is 0 Å². The fourth-order valence-electron chi connectivity index (χ4n) is 3.53. The molecule has 2 aromatic rings. The number of carbonyl (C=O) groups excluding carboxylic acids is 1. The van der Waals surface area contributed by atoms with Gasteiger partial charge in [0.1, 0.15) is 0 Å². The molecule has 1 heterocycles. The summed E-state index contributed by atoms with van der Waals surface area (Å²) < 4.78 is 14.8. The van der Waals surface area contributed by atoms with Crippen LogP contribution in [0.1, 0.15) is 35.2 Å². The topological polar surface area (TPSA) is 66.6 Å². The van der Waals surface area contributed by atoms with Crippen molar-refractivity contribution in [3.8, 4) is 0 Å². The van der Waals surface area contributed by atoms with E-state index < -0.39 is 17.9 Å². The second-order valence-electron chi connectivity index (χ2n) is 7.20. The SMILES string of the molecule is NC(CC(F)N1CCC(O)(c2ccc(Cl)c(Cl)c2)CC1)C(=O)c1ccccc1. The highest BCUT2D eigenvalue weighted by Crippen LogP contribution is 2.36. The Bertz CT molecular complexity index is 826. The molecule has 2 unspecified atom stereocenters. The molecular weight excluding hydrogens is 402 g/mol. The normalized spacial score (nSPS) is 19.2. The minimum atomic E-state index is -1.35. The molecule has 150 valence electrons. The zero-order chi connectivity index (χ0) is 20.3. The number of Topliss-reactive ketones (excluding diaryl/α,β-unsaturated/α-hetero) is 1. The van der Waals surface area contributed by atoms with E-state index in [1.165, 1.54) is 0 Å². The Kier molecular flexibility index (Phi) is 6.73. The lowest BCUT2D eigenvalue weighted by Crippen LogP contribution is -2.48. The van der Waals surface area contributed by atoms with E-state index in [9.17, 15) is 14.3 Å². The van der Waals surface area contributed by atoms with E-state index in [0.717, 1.165) is 0 Å². The molecule has 7 heteroatoms. The molecule has 3 N–H and O–H groups in total. The van der Waals surface area contributed by atoms with Gasteiger partial charge in [0.2, 0.25) is 0 Å². The molecule has 2 atom stereocenters. The van der Waals surface area contributed by atoms with Gasteiger partial charge in [-0.05, 0) is 30.5 Å². The first-order chi connectivity index (χ1) is 13.3. The summed E-state index contributed by atoms with van der Waals surface area (Å²) in [5, 5.41) is 11.7. The highest BCUT2D eigenvalue weighted by Gasteiger charge is 2.37. The average molecular weight is 425 g/mol. The van der Waals surface area contributed by atoms with Gasteiger partial charge in [-0.2, -0.15) is 0 Å². The Hall–Kier alpha value is -1.50. The number of rotatable bonds is 6. The zero-order valence-electron chi connectivity index (χ0n) is 15.3. The van der Waals surface area contributed by atoms with Gasteiger partial charge in [-0.25, -0.2) is 4.39 Å². The lowest BCUT2D eigenvalue weighted by atomic mass is 9.84. The third-order valence-electron chi connectivity index (χ3n) is 5.32. The van der Waals surface area contributed by atoms with Crippen molar-refractivity contribution < 1.29 is 14.3 Å². The summed E-state index contributed by atoms with van der Waals surface area (Å²) >= 11 is 12.0. The molecule has 0 amide bonds. The van der Waals surface area contributed by atoms with Gasteiger partial charge in [-0.15, -0.1) is 0 Å². The van der Waals surface area contributed by atoms with Crippen LogP contribution >= 0.6 is 23.2 Å². The van der Waals surface area contributed by atoms with Crippen LogP contribution in [0.2, 0.25) is 10.0 Å². The van der Waals surface area contributed by atoms with E-state index in [1.807, 2.05) is 6.07 Å². The van der Waals surface area contributed by atoms with Crippen molar-refractivity contribution in [1.29, 1.82) is 0 Å². The van der Waals surface area contributed by atoms with Crippen LogP contribution in [0, 0.1) is 0 Å². The Morgan fingerprint density at radius 2 is 1.79 bits per heavy atom. The quantitative estimate of drug-likeness (QED) is 0.539. The number of nitrogens with zero attached hydrogens (tertiary/aromatic N) is 1. The summed E-state index contributed by atoms with van der Waals surface area (Å²) in [4.78, 5) is 14.0. The number of alkyl halides is 1.